The molecule has 0 aliphatic heterocycles. The number of aromatic nitrogens is 2. The summed E-state index contributed by atoms with van der Waals surface area (Å²) in [7, 11) is 0. The van der Waals surface area contributed by atoms with E-state index < -0.39 is 0 Å². The molecule has 3 rings (SSSR count). The molecular formula is C17H16ClN3. The van der Waals surface area contributed by atoms with Crippen LogP contribution in [0.2, 0.25) is 5.02 Å². The van der Waals surface area contributed by atoms with Crippen LogP contribution in [0, 0.1) is 6.92 Å². The molecule has 0 aliphatic rings. The highest BCUT2D eigenvalue weighted by Crippen LogP contribution is 2.23. The SMILES string of the molecule is Cc1ccc(Cl)c(NCc2cnn(-c3ccccc3)c2)c1. The van der Waals surface area contributed by atoms with Crippen molar-refractivity contribution in [3.63, 3.8) is 0 Å². The zero-order chi connectivity index (χ0) is 14.7. The van der Waals surface area contributed by atoms with Crippen molar-refractivity contribution in [3.05, 3.63) is 77.1 Å². The topological polar surface area (TPSA) is 29.9 Å². The molecule has 3 aromatic rings. The molecule has 0 saturated heterocycles. The van der Waals surface area contributed by atoms with Crippen molar-refractivity contribution in [2.24, 2.45) is 0 Å². The van der Waals surface area contributed by atoms with Crippen LogP contribution in [0.25, 0.3) is 5.69 Å². The van der Waals surface area contributed by atoms with Gasteiger partial charge in [-0.3, -0.25) is 0 Å². The van der Waals surface area contributed by atoms with Gasteiger partial charge in [0.25, 0.3) is 0 Å². The smallest absolute Gasteiger partial charge is 0.0645 e. The molecule has 0 saturated carbocycles. The number of para-hydroxylation sites is 1. The second-order valence-electron chi connectivity index (χ2n) is 4.97. The van der Waals surface area contributed by atoms with E-state index in [9.17, 15) is 0 Å². The first-order chi connectivity index (χ1) is 10.2. The summed E-state index contributed by atoms with van der Waals surface area (Å²) in [4.78, 5) is 0. The summed E-state index contributed by atoms with van der Waals surface area (Å²) in [6.07, 6.45) is 3.88. The third-order valence-electron chi connectivity index (χ3n) is 3.26. The molecule has 0 amide bonds. The van der Waals surface area contributed by atoms with E-state index in [0.717, 1.165) is 22.0 Å². The normalized spacial score (nSPS) is 10.6. The van der Waals surface area contributed by atoms with Gasteiger partial charge >= 0.3 is 0 Å². The monoisotopic (exact) mass is 297 g/mol. The van der Waals surface area contributed by atoms with E-state index in [1.54, 1.807) is 0 Å². The average molecular weight is 298 g/mol. The van der Waals surface area contributed by atoms with Gasteiger partial charge in [-0.15, -0.1) is 0 Å². The van der Waals surface area contributed by atoms with Crippen molar-refractivity contribution in [1.82, 2.24) is 9.78 Å². The zero-order valence-corrected chi connectivity index (χ0v) is 12.5. The minimum Gasteiger partial charge on any atom is -0.380 e. The summed E-state index contributed by atoms with van der Waals surface area (Å²) in [6, 6.07) is 16.0. The van der Waals surface area contributed by atoms with Crippen LogP contribution >= 0.6 is 11.6 Å². The standard InChI is InChI=1S/C17H16ClN3/c1-13-7-8-16(18)17(9-13)19-10-14-11-20-21(12-14)15-5-3-2-4-6-15/h2-9,11-12,19H,10H2,1H3. The minimum absolute atomic E-state index is 0.690. The molecule has 0 bridgehead atoms. The van der Waals surface area contributed by atoms with Crippen LogP contribution in [0.4, 0.5) is 5.69 Å². The quantitative estimate of drug-likeness (QED) is 0.771. The average Bonchev–Trinajstić information content (AvgIpc) is 2.98. The maximum Gasteiger partial charge on any atom is 0.0645 e. The Morgan fingerprint density at radius 1 is 1.14 bits per heavy atom. The molecule has 3 nitrogen and oxygen atoms in total. The third kappa shape index (κ3) is 3.26. The molecule has 2 aromatic carbocycles. The minimum atomic E-state index is 0.690. The Labute approximate surface area is 129 Å². The summed E-state index contributed by atoms with van der Waals surface area (Å²) in [5.41, 5.74) is 4.29. The van der Waals surface area contributed by atoms with Gasteiger partial charge in [0.1, 0.15) is 0 Å². The van der Waals surface area contributed by atoms with Crippen LogP contribution in [-0.2, 0) is 6.54 Å². The maximum absolute atomic E-state index is 6.18. The van der Waals surface area contributed by atoms with Crippen molar-refractivity contribution in [2.75, 3.05) is 5.32 Å². The van der Waals surface area contributed by atoms with Gasteiger partial charge in [0.05, 0.1) is 22.6 Å². The summed E-state index contributed by atoms with van der Waals surface area (Å²) in [6.45, 7) is 2.74. The van der Waals surface area contributed by atoms with E-state index >= 15 is 0 Å². The number of hydrogen-bond acceptors (Lipinski definition) is 2. The van der Waals surface area contributed by atoms with Crippen LogP contribution in [0.1, 0.15) is 11.1 Å². The highest BCUT2D eigenvalue weighted by molar-refractivity contribution is 6.33. The van der Waals surface area contributed by atoms with E-state index in [4.69, 9.17) is 11.6 Å². The van der Waals surface area contributed by atoms with Crippen molar-refractivity contribution in [1.29, 1.82) is 0 Å². The molecule has 4 heteroatoms. The fraction of sp³-hybridized carbons (Fsp3) is 0.118. The molecule has 21 heavy (non-hydrogen) atoms. The summed E-state index contributed by atoms with van der Waals surface area (Å²) in [5, 5.41) is 8.46. The van der Waals surface area contributed by atoms with Crippen molar-refractivity contribution >= 4 is 17.3 Å². The third-order valence-corrected chi connectivity index (χ3v) is 3.59. The largest absolute Gasteiger partial charge is 0.380 e. The number of nitrogens with zero attached hydrogens (tertiary/aromatic N) is 2. The van der Waals surface area contributed by atoms with Gasteiger partial charge in [0.2, 0.25) is 0 Å². The Morgan fingerprint density at radius 2 is 1.95 bits per heavy atom. The Hall–Kier alpha value is -2.26. The molecule has 106 valence electrons. The Bertz CT molecular complexity index is 735. The van der Waals surface area contributed by atoms with Crippen LogP contribution in [-0.4, -0.2) is 9.78 Å². The van der Waals surface area contributed by atoms with Gasteiger partial charge in [-0.05, 0) is 36.8 Å². The molecule has 0 unspecified atom stereocenters. The van der Waals surface area contributed by atoms with Gasteiger partial charge in [-0.1, -0.05) is 35.9 Å². The number of hydrogen-bond donors (Lipinski definition) is 1. The highest BCUT2D eigenvalue weighted by atomic mass is 35.5. The lowest BCUT2D eigenvalue weighted by atomic mass is 10.2. The number of rotatable bonds is 4. The van der Waals surface area contributed by atoms with Crippen molar-refractivity contribution < 1.29 is 0 Å². The lowest BCUT2D eigenvalue weighted by Crippen LogP contribution is -1.99. The molecule has 1 heterocycles. The van der Waals surface area contributed by atoms with Gasteiger partial charge in [0.15, 0.2) is 0 Å². The van der Waals surface area contributed by atoms with Crippen LogP contribution < -0.4 is 5.32 Å². The fourth-order valence-electron chi connectivity index (χ4n) is 2.15. The van der Waals surface area contributed by atoms with Crippen LogP contribution in [0.5, 0.6) is 0 Å². The van der Waals surface area contributed by atoms with Gasteiger partial charge in [-0.2, -0.15) is 5.10 Å². The predicted octanol–water partition coefficient (Wildman–Crippen LogP) is 4.45. The molecular weight excluding hydrogens is 282 g/mol. The van der Waals surface area contributed by atoms with E-state index in [1.807, 2.05) is 65.6 Å². The van der Waals surface area contributed by atoms with Crippen molar-refractivity contribution in [2.45, 2.75) is 13.5 Å². The number of halogens is 1. The molecule has 0 atom stereocenters. The summed E-state index contributed by atoms with van der Waals surface area (Å²) in [5.74, 6) is 0. The number of anilines is 1. The van der Waals surface area contributed by atoms with Gasteiger partial charge in [-0.25, -0.2) is 4.68 Å². The van der Waals surface area contributed by atoms with E-state index in [2.05, 4.69) is 17.3 Å². The van der Waals surface area contributed by atoms with Gasteiger partial charge < -0.3 is 5.32 Å². The molecule has 1 aromatic heterocycles. The van der Waals surface area contributed by atoms with Crippen molar-refractivity contribution in [3.8, 4) is 5.69 Å². The Kier molecular flexibility index (Phi) is 3.93. The number of benzene rings is 2. The molecule has 0 aliphatic carbocycles. The van der Waals surface area contributed by atoms with E-state index in [-0.39, 0.29) is 0 Å². The van der Waals surface area contributed by atoms with Gasteiger partial charge in [0, 0.05) is 18.3 Å². The zero-order valence-electron chi connectivity index (χ0n) is 11.8. The first-order valence-electron chi connectivity index (χ1n) is 6.81. The first-order valence-corrected chi connectivity index (χ1v) is 7.19. The van der Waals surface area contributed by atoms with E-state index in [1.165, 1.54) is 5.56 Å². The Balaban J connectivity index is 1.72. The molecule has 0 spiro atoms. The lowest BCUT2D eigenvalue weighted by molar-refractivity contribution is 0.880. The summed E-state index contributed by atoms with van der Waals surface area (Å²) >= 11 is 6.18. The second kappa shape index (κ2) is 6.02. The molecule has 0 radical (unpaired) electrons. The summed E-state index contributed by atoms with van der Waals surface area (Å²) < 4.78 is 1.87. The first kappa shape index (κ1) is 13.7. The molecule has 1 N–H and O–H groups in total. The molecule has 0 fully saturated rings. The van der Waals surface area contributed by atoms with Crippen LogP contribution in [0.15, 0.2) is 60.9 Å². The highest BCUT2D eigenvalue weighted by Gasteiger charge is 2.03. The fourth-order valence-corrected chi connectivity index (χ4v) is 2.33. The maximum atomic E-state index is 6.18. The Morgan fingerprint density at radius 3 is 2.76 bits per heavy atom. The van der Waals surface area contributed by atoms with E-state index in [0.29, 0.717) is 6.54 Å². The second-order valence-corrected chi connectivity index (χ2v) is 5.37. The lowest BCUT2D eigenvalue weighted by Gasteiger charge is -2.08. The predicted molar refractivity (Wildman–Crippen MR) is 87.1 cm³/mol. The number of nitrogens with one attached hydrogen (secondary N) is 1. The number of aryl methyl sites for hydroxylation is 1. The van der Waals surface area contributed by atoms with Crippen LogP contribution in [0.3, 0.4) is 0 Å².